The number of pyridine rings is 1. The smallest absolute Gasteiger partial charge is 0.347 e. The summed E-state index contributed by atoms with van der Waals surface area (Å²) in [6, 6.07) is 10.7. The first-order valence-corrected chi connectivity index (χ1v) is 10.3. The van der Waals surface area contributed by atoms with Crippen LogP contribution < -0.4 is 10.6 Å². The van der Waals surface area contributed by atoms with Crippen LogP contribution in [0.1, 0.15) is 19.4 Å². The van der Waals surface area contributed by atoms with Crippen molar-refractivity contribution in [2.45, 2.75) is 31.5 Å². The maximum atomic E-state index is 14.5. The van der Waals surface area contributed by atoms with Gasteiger partial charge in [0.2, 0.25) is 0 Å². The average Bonchev–Trinajstić information content (AvgIpc) is 3.02. The van der Waals surface area contributed by atoms with Crippen molar-refractivity contribution in [1.82, 2.24) is 19.9 Å². The van der Waals surface area contributed by atoms with Crippen LogP contribution >= 0.6 is 11.6 Å². The number of fused-ring (bicyclic) bond motifs is 3. The normalized spacial score (nSPS) is 21.5. The molecule has 5 rings (SSSR count). The number of H-pyrrole nitrogens is 1. The van der Waals surface area contributed by atoms with E-state index in [1.54, 1.807) is 0 Å². The van der Waals surface area contributed by atoms with E-state index in [0.717, 1.165) is 0 Å². The van der Waals surface area contributed by atoms with Crippen LogP contribution in [0.5, 0.6) is 0 Å². The fourth-order valence-corrected chi connectivity index (χ4v) is 4.94. The minimum atomic E-state index is -0.736. The summed E-state index contributed by atoms with van der Waals surface area (Å²) in [4.78, 5) is 27.2. The van der Waals surface area contributed by atoms with E-state index in [1.165, 1.54) is 11.8 Å². The zero-order chi connectivity index (χ0) is 21.0. The van der Waals surface area contributed by atoms with E-state index in [4.69, 9.17) is 11.6 Å². The van der Waals surface area contributed by atoms with Gasteiger partial charge in [-0.05, 0) is 19.4 Å². The van der Waals surface area contributed by atoms with Gasteiger partial charge in [0.15, 0.2) is 11.0 Å². The van der Waals surface area contributed by atoms with Gasteiger partial charge in [0.1, 0.15) is 5.82 Å². The molecule has 2 aliphatic heterocycles. The molecular formula is C22H21ClFN5O. The fraction of sp³-hybridized carbons (Fsp3) is 0.318. The number of aromatic amines is 1. The number of halogens is 2. The van der Waals surface area contributed by atoms with Gasteiger partial charge in [-0.25, -0.2) is 14.2 Å². The van der Waals surface area contributed by atoms with E-state index in [2.05, 4.69) is 70.1 Å². The summed E-state index contributed by atoms with van der Waals surface area (Å²) >= 11 is 5.80. The van der Waals surface area contributed by atoms with Gasteiger partial charge in [-0.3, -0.25) is 4.90 Å². The van der Waals surface area contributed by atoms with Gasteiger partial charge in [-0.2, -0.15) is 4.98 Å². The Morgan fingerprint density at radius 2 is 1.83 bits per heavy atom. The number of hydrogen-bond acceptors (Lipinski definition) is 5. The number of nitrogens with one attached hydrogen (secondary N) is 1. The van der Waals surface area contributed by atoms with Crippen molar-refractivity contribution in [3.8, 4) is 0 Å². The van der Waals surface area contributed by atoms with E-state index < -0.39 is 11.5 Å². The quantitative estimate of drug-likeness (QED) is 0.514. The minimum absolute atomic E-state index is 0.0392. The van der Waals surface area contributed by atoms with Crippen LogP contribution in [0.15, 0.2) is 53.5 Å². The molecule has 0 radical (unpaired) electrons. The van der Waals surface area contributed by atoms with Crippen LogP contribution in [0.25, 0.3) is 10.9 Å². The Balaban J connectivity index is 1.52. The molecule has 1 fully saturated rings. The molecule has 154 valence electrons. The maximum absolute atomic E-state index is 14.5. The van der Waals surface area contributed by atoms with Crippen molar-refractivity contribution < 1.29 is 4.39 Å². The van der Waals surface area contributed by atoms with Crippen LogP contribution in [0.3, 0.4) is 0 Å². The topological polar surface area (TPSA) is 65.1 Å². The van der Waals surface area contributed by atoms with E-state index in [-0.39, 0.29) is 28.3 Å². The van der Waals surface area contributed by atoms with Crippen LogP contribution in [0, 0.1) is 5.82 Å². The number of rotatable bonds is 3. The summed E-state index contributed by atoms with van der Waals surface area (Å²) in [6.45, 7) is 5.73. The lowest BCUT2D eigenvalue weighted by Crippen LogP contribution is -2.60. The molecule has 2 unspecified atom stereocenters. The number of benzene rings is 1. The molecule has 30 heavy (non-hydrogen) atoms. The first-order valence-electron chi connectivity index (χ1n) is 9.87. The summed E-state index contributed by atoms with van der Waals surface area (Å²) in [5.74, 6) is -0.299. The molecule has 8 heteroatoms. The van der Waals surface area contributed by atoms with Crippen molar-refractivity contribution in [1.29, 1.82) is 0 Å². The summed E-state index contributed by atoms with van der Waals surface area (Å²) in [7, 11) is 0. The largest absolute Gasteiger partial charge is 0.352 e. The highest BCUT2D eigenvalue weighted by atomic mass is 35.5. The van der Waals surface area contributed by atoms with Gasteiger partial charge in [0.05, 0.1) is 10.9 Å². The van der Waals surface area contributed by atoms with Gasteiger partial charge < -0.3 is 9.88 Å². The molecule has 1 saturated heterocycles. The molecule has 0 aliphatic carbocycles. The van der Waals surface area contributed by atoms with E-state index >= 15 is 0 Å². The Bertz CT molecular complexity index is 1190. The first-order chi connectivity index (χ1) is 14.4. The van der Waals surface area contributed by atoms with Gasteiger partial charge in [-0.15, -0.1) is 0 Å². The molecule has 6 nitrogen and oxygen atoms in total. The predicted molar refractivity (Wildman–Crippen MR) is 115 cm³/mol. The lowest BCUT2D eigenvalue weighted by molar-refractivity contribution is 0.0591. The van der Waals surface area contributed by atoms with Crippen molar-refractivity contribution in [3.05, 3.63) is 75.7 Å². The molecule has 0 saturated carbocycles. The van der Waals surface area contributed by atoms with Crippen molar-refractivity contribution in [2.24, 2.45) is 0 Å². The Morgan fingerprint density at radius 1 is 1.17 bits per heavy atom. The lowest BCUT2D eigenvalue weighted by Gasteiger charge is -2.50. The molecule has 0 spiro atoms. The van der Waals surface area contributed by atoms with Gasteiger partial charge >= 0.3 is 5.69 Å². The molecule has 2 aromatic heterocycles. The van der Waals surface area contributed by atoms with E-state index in [9.17, 15) is 9.18 Å². The zero-order valence-corrected chi connectivity index (χ0v) is 17.4. The van der Waals surface area contributed by atoms with Crippen LogP contribution in [0.4, 0.5) is 10.2 Å². The third-order valence-electron chi connectivity index (χ3n) is 6.17. The predicted octanol–water partition coefficient (Wildman–Crippen LogP) is 3.47. The monoisotopic (exact) mass is 425 g/mol. The summed E-state index contributed by atoms with van der Waals surface area (Å²) < 4.78 is 14.5. The number of piperazine rings is 1. The van der Waals surface area contributed by atoms with E-state index in [1.807, 2.05) is 11.0 Å². The number of nitrogens with zero attached hydrogens (tertiary/aromatic N) is 4. The molecular weight excluding hydrogens is 405 g/mol. The third kappa shape index (κ3) is 2.92. The van der Waals surface area contributed by atoms with Crippen LogP contribution in [-0.2, 0) is 5.54 Å². The second-order valence-electron chi connectivity index (χ2n) is 8.27. The minimum Gasteiger partial charge on any atom is -0.352 e. The highest BCUT2D eigenvalue weighted by Crippen LogP contribution is 2.39. The highest BCUT2D eigenvalue weighted by molar-refractivity contribution is 6.30. The SMILES string of the molecule is CC(C)(c1ccccc1)N1C2C=CC1CN(c1nc(=O)[nH]c3c(F)c(Cl)ncc13)C2. The zero-order valence-electron chi connectivity index (χ0n) is 16.6. The number of aromatic nitrogens is 3. The Hall–Kier alpha value is -2.77. The van der Waals surface area contributed by atoms with E-state index in [0.29, 0.717) is 24.3 Å². The summed E-state index contributed by atoms with van der Waals surface area (Å²) in [6.07, 6.45) is 5.88. The number of hydrogen-bond donors (Lipinski definition) is 1. The molecule has 4 heterocycles. The standard InChI is InChI=1S/C22H21ClFN5O/c1-22(2,13-6-4-3-5-7-13)29-14-8-9-15(29)12-28(11-14)20-16-10-25-19(23)17(24)18(16)26-21(30)27-20/h3-10,14-15H,11-12H2,1-2H3,(H,26,27,30). The summed E-state index contributed by atoms with van der Waals surface area (Å²) in [5.41, 5.74) is 0.512. The van der Waals surface area contributed by atoms with Gasteiger partial charge in [0, 0.05) is 36.9 Å². The van der Waals surface area contributed by atoms with Crippen LogP contribution in [0.2, 0.25) is 5.15 Å². The van der Waals surface area contributed by atoms with Crippen molar-refractivity contribution >= 4 is 28.3 Å². The average molecular weight is 426 g/mol. The lowest BCUT2D eigenvalue weighted by atomic mass is 9.89. The van der Waals surface area contributed by atoms with Crippen molar-refractivity contribution in [2.75, 3.05) is 18.0 Å². The summed E-state index contributed by atoms with van der Waals surface area (Å²) in [5, 5.41) is 0.179. The molecule has 0 amide bonds. The second-order valence-corrected chi connectivity index (χ2v) is 8.63. The van der Waals surface area contributed by atoms with Gasteiger partial charge in [0.25, 0.3) is 0 Å². The molecule has 3 aromatic rings. The Kier molecular flexibility index (Phi) is 4.41. The Labute approximate surface area is 178 Å². The Morgan fingerprint density at radius 3 is 2.50 bits per heavy atom. The molecule has 2 bridgehead atoms. The fourth-order valence-electron chi connectivity index (χ4n) is 4.80. The molecule has 2 atom stereocenters. The number of anilines is 1. The van der Waals surface area contributed by atoms with Crippen molar-refractivity contribution in [3.63, 3.8) is 0 Å². The molecule has 2 aliphatic rings. The highest BCUT2D eigenvalue weighted by Gasteiger charge is 2.45. The molecule has 1 aromatic carbocycles. The first kappa shape index (κ1) is 19.2. The van der Waals surface area contributed by atoms with Gasteiger partial charge in [-0.1, -0.05) is 54.1 Å². The maximum Gasteiger partial charge on any atom is 0.347 e. The third-order valence-corrected chi connectivity index (χ3v) is 6.43. The molecule has 1 N–H and O–H groups in total. The second kappa shape index (κ2) is 6.89. The van der Waals surface area contributed by atoms with Crippen LogP contribution in [-0.4, -0.2) is 45.0 Å².